The van der Waals surface area contributed by atoms with Crippen LogP contribution in [0.2, 0.25) is 39.3 Å². The maximum atomic E-state index is 5.67. The molecule has 0 spiro atoms. The van der Waals surface area contributed by atoms with Gasteiger partial charge in [-0.3, -0.25) is 0 Å². The van der Waals surface area contributed by atoms with E-state index in [1.165, 1.54) is 0 Å². The first-order valence-corrected chi connectivity index (χ1v) is 12.3. The summed E-state index contributed by atoms with van der Waals surface area (Å²) in [6, 6.07) is 0. The number of hydrogen-bond acceptors (Lipinski definition) is 1. The van der Waals surface area contributed by atoms with Crippen LogP contribution in [0.1, 0.15) is 6.92 Å². The molecule has 0 heterocycles. The standard InChI is InChI=1S/C5H14OSi.C3H9ClSi/c1-5-6-7(2,3)4;1-5(2,3)4/h5H2,1-4H3;1-3H3. The molecule has 0 saturated carbocycles. The monoisotopic (exact) mass is 226 g/mol. The van der Waals surface area contributed by atoms with Gasteiger partial charge < -0.3 is 4.43 Å². The zero-order valence-electron chi connectivity index (χ0n) is 9.49. The molecular weight excluding hydrogens is 204 g/mol. The molecule has 0 fully saturated rings. The Morgan fingerprint density at radius 3 is 1.25 bits per heavy atom. The third-order valence-corrected chi connectivity index (χ3v) is 1.73. The average molecular weight is 227 g/mol. The van der Waals surface area contributed by atoms with Crippen LogP contribution in [-0.4, -0.2) is 22.3 Å². The lowest BCUT2D eigenvalue weighted by Crippen LogP contribution is -2.24. The van der Waals surface area contributed by atoms with Gasteiger partial charge in [0.25, 0.3) is 0 Å². The lowest BCUT2D eigenvalue weighted by Gasteiger charge is -2.14. The molecule has 76 valence electrons. The first kappa shape index (κ1) is 15.2. The van der Waals surface area contributed by atoms with E-state index in [2.05, 4.69) is 39.3 Å². The molecule has 0 rings (SSSR count). The van der Waals surface area contributed by atoms with Crippen LogP contribution in [0.3, 0.4) is 0 Å². The number of rotatable bonds is 2. The molecule has 0 aromatic rings. The second kappa shape index (κ2) is 6.19. The molecule has 0 aliphatic rings. The first-order valence-electron chi connectivity index (χ1n) is 4.39. The molecule has 0 atom stereocenters. The molecule has 1 nitrogen and oxygen atoms in total. The summed E-state index contributed by atoms with van der Waals surface area (Å²) >= 11 is 5.67. The van der Waals surface area contributed by atoms with Crippen molar-refractivity contribution < 1.29 is 4.43 Å². The van der Waals surface area contributed by atoms with E-state index in [1.807, 2.05) is 6.92 Å². The minimum atomic E-state index is -1.16. The molecule has 0 aromatic carbocycles. The van der Waals surface area contributed by atoms with Crippen LogP contribution in [-0.2, 0) is 4.43 Å². The summed E-state index contributed by atoms with van der Waals surface area (Å²) in [5.74, 6) is 0. The second-order valence-electron chi connectivity index (χ2n) is 4.61. The van der Waals surface area contributed by atoms with Crippen molar-refractivity contribution in [2.75, 3.05) is 6.61 Å². The first-order chi connectivity index (χ1) is 5.06. The highest BCUT2D eigenvalue weighted by atomic mass is 35.6. The summed E-state index contributed by atoms with van der Waals surface area (Å²) in [5.41, 5.74) is 0. The van der Waals surface area contributed by atoms with Gasteiger partial charge in [-0.05, 0) is 26.6 Å². The highest BCUT2D eigenvalue weighted by molar-refractivity contribution is 7.18. The fourth-order valence-corrected chi connectivity index (χ4v) is 1.30. The van der Waals surface area contributed by atoms with Crippen LogP contribution in [0.5, 0.6) is 0 Å². The molecule has 0 amide bonds. The quantitative estimate of drug-likeness (QED) is 0.513. The van der Waals surface area contributed by atoms with Crippen molar-refractivity contribution in [2.45, 2.75) is 46.2 Å². The van der Waals surface area contributed by atoms with Crippen molar-refractivity contribution in [3.63, 3.8) is 0 Å². The van der Waals surface area contributed by atoms with E-state index < -0.39 is 15.7 Å². The van der Waals surface area contributed by atoms with Gasteiger partial charge >= 0.3 is 0 Å². The topological polar surface area (TPSA) is 9.23 Å². The lowest BCUT2D eigenvalue weighted by molar-refractivity contribution is 0.334. The molecule has 0 saturated heterocycles. The fraction of sp³-hybridized carbons (Fsp3) is 1.00. The molecule has 4 heteroatoms. The Morgan fingerprint density at radius 2 is 1.25 bits per heavy atom. The van der Waals surface area contributed by atoms with Crippen molar-refractivity contribution in [3.05, 3.63) is 0 Å². The fourth-order valence-electron chi connectivity index (χ4n) is 0.433. The molecule has 0 unspecified atom stereocenters. The maximum Gasteiger partial charge on any atom is 0.183 e. The van der Waals surface area contributed by atoms with Crippen LogP contribution in [0.25, 0.3) is 0 Å². The Balaban J connectivity index is 0. The van der Waals surface area contributed by atoms with Gasteiger partial charge in [0.2, 0.25) is 0 Å². The van der Waals surface area contributed by atoms with E-state index >= 15 is 0 Å². The molecule has 12 heavy (non-hydrogen) atoms. The normalized spacial score (nSPS) is 12.0. The SMILES string of the molecule is CCO[Si](C)(C)C.C[Si](C)(C)Cl. The van der Waals surface area contributed by atoms with Crippen molar-refractivity contribution in [3.8, 4) is 0 Å². The van der Waals surface area contributed by atoms with Crippen molar-refractivity contribution in [1.29, 1.82) is 0 Å². The highest BCUT2D eigenvalue weighted by Crippen LogP contribution is 2.03. The van der Waals surface area contributed by atoms with Crippen LogP contribution in [0, 0.1) is 0 Å². The second-order valence-corrected chi connectivity index (χ2v) is 16.7. The van der Waals surface area contributed by atoms with E-state index in [0.717, 1.165) is 6.61 Å². The van der Waals surface area contributed by atoms with Gasteiger partial charge in [0.05, 0.1) is 0 Å². The highest BCUT2D eigenvalue weighted by Gasteiger charge is 2.11. The number of halogens is 1. The molecule has 0 radical (unpaired) electrons. The zero-order chi connectivity index (χ0) is 10.4. The summed E-state index contributed by atoms with van der Waals surface area (Å²) < 4.78 is 5.37. The van der Waals surface area contributed by atoms with Gasteiger partial charge in [0.1, 0.15) is 7.38 Å². The van der Waals surface area contributed by atoms with Crippen LogP contribution in [0.4, 0.5) is 0 Å². The Labute approximate surface area is 84.3 Å². The maximum absolute atomic E-state index is 5.67. The van der Waals surface area contributed by atoms with Gasteiger partial charge in [0.15, 0.2) is 8.32 Å². The molecule has 0 N–H and O–H groups in total. The van der Waals surface area contributed by atoms with Crippen LogP contribution < -0.4 is 0 Å². The molecule has 0 aromatic heterocycles. The van der Waals surface area contributed by atoms with Crippen molar-refractivity contribution in [2.24, 2.45) is 0 Å². The summed E-state index contributed by atoms with van der Waals surface area (Å²) in [5, 5.41) is 0. The van der Waals surface area contributed by atoms with Gasteiger partial charge in [-0.2, -0.15) is 11.1 Å². The van der Waals surface area contributed by atoms with E-state index in [0.29, 0.717) is 0 Å². The Kier molecular flexibility index (Phi) is 7.82. The summed E-state index contributed by atoms with van der Waals surface area (Å²) in [6.07, 6.45) is 0. The van der Waals surface area contributed by atoms with Gasteiger partial charge in [0, 0.05) is 6.61 Å². The summed E-state index contributed by atoms with van der Waals surface area (Å²) in [6.45, 7) is 15.8. The average Bonchev–Trinajstić information content (AvgIpc) is 1.54. The predicted octanol–water partition coefficient (Wildman–Crippen LogP) is 3.92. The lowest BCUT2D eigenvalue weighted by atomic mass is 10.9. The summed E-state index contributed by atoms with van der Waals surface area (Å²) in [7, 11) is -2.30. The molecular formula is C8H23ClOSi2. The molecule has 0 aliphatic heterocycles. The Hall–Kier alpha value is 0.684. The zero-order valence-corrected chi connectivity index (χ0v) is 12.2. The van der Waals surface area contributed by atoms with Gasteiger partial charge in [-0.1, -0.05) is 19.6 Å². The van der Waals surface area contributed by atoms with Crippen LogP contribution in [0.15, 0.2) is 0 Å². The van der Waals surface area contributed by atoms with Gasteiger partial charge in [-0.15, -0.1) is 0 Å². The van der Waals surface area contributed by atoms with Crippen molar-refractivity contribution >= 4 is 26.8 Å². The van der Waals surface area contributed by atoms with E-state index in [9.17, 15) is 0 Å². The van der Waals surface area contributed by atoms with Crippen molar-refractivity contribution in [1.82, 2.24) is 0 Å². The minimum absolute atomic E-state index is 0.871. The Morgan fingerprint density at radius 1 is 1.00 bits per heavy atom. The Bertz CT molecular complexity index is 98.6. The minimum Gasteiger partial charge on any atom is -0.418 e. The summed E-state index contributed by atoms with van der Waals surface area (Å²) in [4.78, 5) is 0. The van der Waals surface area contributed by atoms with Gasteiger partial charge in [-0.25, -0.2) is 0 Å². The largest absolute Gasteiger partial charge is 0.418 e. The smallest absolute Gasteiger partial charge is 0.183 e. The van der Waals surface area contributed by atoms with Crippen LogP contribution >= 0.6 is 11.1 Å². The number of hydrogen-bond donors (Lipinski definition) is 0. The third-order valence-electron chi connectivity index (χ3n) is 0.577. The third kappa shape index (κ3) is 45.7. The molecule has 0 aliphatic carbocycles. The van der Waals surface area contributed by atoms with E-state index in [-0.39, 0.29) is 0 Å². The van der Waals surface area contributed by atoms with E-state index in [1.54, 1.807) is 0 Å². The predicted molar refractivity (Wildman–Crippen MR) is 64.2 cm³/mol. The van der Waals surface area contributed by atoms with E-state index in [4.69, 9.17) is 15.5 Å². The molecule has 0 bridgehead atoms.